The highest BCUT2D eigenvalue weighted by molar-refractivity contribution is 6.74. The predicted molar refractivity (Wildman–Crippen MR) is 99.5 cm³/mol. The molecule has 0 spiro atoms. The molecule has 0 amide bonds. The Morgan fingerprint density at radius 2 is 1.62 bits per heavy atom. The van der Waals surface area contributed by atoms with Gasteiger partial charge in [0.25, 0.3) is 0 Å². The van der Waals surface area contributed by atoms with Crippen LogP contribution in [0.25, 0.3) is 0 Å². The minimum absolute atomic E-state index is 0.0843. The van der Waals surface area contributed by atoms with E-state index in [1.807, 2.05) is 13.8 Å². The van der Waals surface area contributed by atoms with Crippen LogP contribution in [0.2, 0.25) is 18.1 Å². The summed E-state index contributed by atoms with van der Waals surface area (Å²) >= 11 is 0. The highest BCUT2D eigenvalue weighted by Gasteiger charge is 2.39. The Morgan fingerprint density at radius 1 is 1.08 bits per heavy atom. The van der Waals surface area contributed by atoms with Gasteiger partial charge in [-0.25, -0.2) is 0 Å². The van der Waals surface area contributed by atoms with Gasteiger partial charge in [-0.2, -0.15) is 0 Å². The fourth-order valence-electron chi connectivity index (χ4n) is 2.15. The molecule has 0 saturated carbocycles. The Balaban J connectivity index is 5.11. The molecule has 0 N–H and O–H groups in total. The van der Waals surface area contributed by atoms with Crippen molar-refractivity contribution < 1.29 is 23.4 Å². The second-order valence-electron chi connectivity index (χ2n) is 8.40. The van der Waals surface area contributed by atoms with E-state index in [4.69, 9.17) is 18.6 Å². The number of methoxy groups -OCH3 is 1. The van der Waals surface area contributed by atoms with Gasteiger partial charge in [-0.15, -0.1) is 0 Å². The molecular formula is C18H38O5Si. The van der Waals surface area contributed by atoms with E-state index in [0.717, 1.165) is 0 Å². The molecule has 0 bridgehead atoms. The summed E-state index contributed by atoms with van der Waals surface area (Å²) in [5, 5.41) is 0.156. The molecular weight excluding hydrogens is 324 g/mol. The van der Waals surface area contributed by atoms with Crippen molar-refractivity contribution in [3.8, 4) is 0 Å². The summed E-state index contributed by atoms with van der Waals surface area (Å²) in [6.07, 6.45) is -0.589. The van der Waals surface area contributed by atoms with Crippen molar-refractivity contribution in [3.05, 3.63) is 0 Å². The van der Waals surface area contributed by atoms with Gasteiger partial charge in [-0.05, 0) is 24.1 Å². The van der Waals surface area contributed by atoms with Gasteiger partial charge < -0.3 is 18.6 Å². The monoisotopic (exact) mass is 362 g/mol. The van der Waals surface area contributed by atoms with Crippen LogP contribution in [0.3, 0.4) is 0 Å². The van der Waals surface area contributed by atoms with E-state index in [1.165, 1.54) is 6.92 Å². The lowest BCUT2D eigenvalue weighted by molar-refractivity contribution is -0.177. The molecule has 0 aromatic rings. The molecule has 24 heavy (non-hydrogen) atoms. The zero-order chi connectivity index (χ0) is 19.1. The van der Waals surface area contributed by atoms with Gasteiger partial charge in [0, 0.05) is 26.6 Å². The number of carbonyl (C=O) groups excluding carboxylic acids is 1. The smallest absolute Gasteiger partial charge is 0.303 e. The average Bonchev–Trinajstić information content (AvgIpc) is 2.42. The number of carbonyl (C=O) groups is 1. The lowest BCUT2D eigenvalue weighted by atomic mass is 9.93. The number of esters is 1. The van der Waals surface area contributed by atoms with Crippen LogP contribution < -0.4 is 0 Å². The molecule has 0 rings (SSSR count). The molecule has 0 aliphatic rings. The minimum Gasteiger partial charge on any atom is -0.460 e. The quantitative estimate of drug-likeness (QED) is 0.331. The van der Waals surface area contributed by atoms with Crippen LogP contribution in [-0.4, -0.2) is 47.0 Å². The second-order valence-corrected chi connectivity index (χ2v) is 13.2. The maximum atomic E-state index is 11.5. The van der Waals surface area contributed by atoms with E-state index in [9.17, 15) is 4.79 Å². The number of hydrogen-bond donors (Lipinski definition) is 0. The molecule has 3 atom stereocenters. The Kier molecular flexibility index (Phi) is 9.72. The lowest BCUT2D eigenvalue weighted by Crippen LogP contribution is -2.46. The maximum absolute atomic E-state index is 11.5. The molecule has 0 aromatic carbocycles. The molecule has 0 aliphatic heterocycles. The summed E-state index contributed by atoms with van der Waals surface area (Å²) in [5.74, 6) is -0.0654. The molecule has 6 heteroatoms. The van der Waals surface area contributed by atoms with Crippen LogP contribution in [0.15, 0.2) is 0 Å². The van der Waals surface area contributed by atoms with Gasteiger partial charge in [0.1, 0.15) is 19.0 Å². The van der Waals surface area contributed by atoms with Crippen molar-refractivity contribution in [2.24, 2.45) is 11.8 Å². The SMILES string of the molecule is COCO[C@@H]([C@H](C)CO[Si](C)(C)C(C)(C)C)[C@@H](OC(C)=O)C(C)C. The standard InChI is InChI=1S/C18H38O5Si/c1-13(2)16(23-15(4)19)17(21-12-20-8)14(3)11-22-24(9,10)18(5,6)7/h13-14,16-17H,11-12H2,1-10H3/t14-,16+,17+/m1/s1. The van der Waals surface area contributed by atoms with Gasteiger partial charge in [0.2, 0.25) is 0 Å². The Hall–Kier alpha value is -0.433. The van der Waals surface area contributed by atoms with Crippen molar-refractivity contribution in [2.45, 2.75) is 78.8 Å². The van der Waals surface area contributed by atoms with Gasteiger partial charge in [0.15, 0.2) is 8.32 Å². The highest BCUT2D eigenvalue weighted by atomic mass is 28.4. The van der Waals surface area contributed by atoms with Crippen molar-refractivity contribution in [1.82, 2.24) is 0 Å². The molecule has 0 unspecified atom stereocenters. The first-order chi connectivity index (χ1) is 10.8. The Morgan fingerprint density at radius 3 is 2.00 bits per heavy atom. The summed E-state index contributed by atoms with van der Waals surface area (Å²) in [4.78, 5) is 11.5. The van der Waals surface area contributed by atoms with Crippen molar-refractivity contribution in [2.75, 3.05) is 20.5 Å². The number of hydrogen-bond acceptors (Lipinski definition) is 5. The lowest BCUT2D eigenvalue weighted by Gasteiger charge is -2.39. The van der Waals surface area contributed by atoms with Gasteiger partial charge >= 0.3 is 5.97 Å². The minimum atomic E-state index is -1.83. The molecule has 0 heterocycles. The van der Waals surface area contributed by atoms with Gasteiger partial charge in [-0.1, -0.05) is 41.5 Å². The van der Waals surface area contributed by atoms with E-state index in [2.05, 4.69) is 40.8 Å². The molecule has 5 nitrogen and oxygen atoms in total. The summed E-state index contributed by atoms with van der Waals surface area (Å²) in [6.45, 7) is 19.4. The van der Waals surface area contributed by atoms with Crippen LogP contribution >= 0.6 is 0 Å². The zero-order valence-electron chi connectivity index (χ0n) is 17.3. The zero-order valence-corrected chi connectivity index (χ0v) is 18.3. The first-order valence-electron chi connectivity index (χ1n) is 8.75. The van der Waals surface area contributed by atoms with Crippen molar-refractivity contribution >= 4 is 14.3 Å². The van der Waals surface area contributed by atoms with Crippen LogP contribution in [-0.2, 0) is 23.4 Å². The third kappa shape index (κ3) is 7.63. The second kappa shape index (κ2) is 9.90. The molecule has 0 aliphatic carbocycles. The van der Waals surface area contributed by atoms with E-state index in [1.54, 1.807) is 7.11 Å². The predicted octanol–water partition coefficient (Wildman–Crippen LogP) is 4.22. The fourth-order valence-corrected chi connectivity index (χ4v) is 3.27. The number of rotatable bonds is 10. The number of ether oxygens (including phenoxy) is 3. The third-order valence-corrected chi connectivity index (χ3v) is 9.24. The van der Waals surface area contributed by atoms with Crippen LogP contribution in [0.4, 0.5) is 0 Å². The molecule has 0 fully saturated rings. The largest absolute Gasteiger partial charge is 0.460 e. The van der Waals surface area contributed by atoms with Crippen LogP contribution in [0.5, 0.6) is 0 Å². The van der Waals surface area contributed by atoms with Crippen LogP contribution in [0, 0.1) is 11.8 Å². The highest BCUT2D eigenvalue weighted by Crippen LogP contribution is 2.37. The first kappa shape index (κ1) is 23.6. The average molecular weight is 363 g/mol. The normalized spacial score (nSPS) is 16.8. The topological polar surface area (TPSA) is 54.0 Å². The first-order valence-corrected chi connectivity index (χ1v) is 11.7. The van der Waals surface area contributed by atoms with E-state index < -0.39 is 8.32 Å². The molecule has 0 radical (unpaired) electrons. The Bertz CT molecular complexity index is 376. The molecule has 0 aromatic heterocycles. The van der Waals surface area contributed by atoms with E-state index >= 15 is 0 Å². The van der Waals surface area contributed by atoms with Gasteiger partial charge in [-0.3, -0.25) is 4.79 Å². The Labute approximate surface area is 149 Å². The van der Waals surface area contributed by atoms with Crippen molar-refractivity contribution in [1.29, 1.82) is 0 Å². The van der Waals surface area contributed by atoms with E-state index in [0.29, 0.717) is 6.61 Å². The summed E-state index contributed by atoms with van der Waals surface area (Å²) in [7, 11) is -0.246. The molecule has 0 saturated heterocycles. The van der Waals surface area contributed by atoms with E-state index in [-0.39, 0.29) is 41.8 Å². The third-order valence-electron chi connectivity index (χ3n) is 4.74. The maximum Gasteiger partial charge on any atom is 0.303 e. The van der Waals surface area contributed by atoms with Crippen LogP contribution in [0.1, 0.15) is 48.5 Å². The summed E-state index contributed by atoms with van der Waals surface area (Å²) in [6, 6.07) is 0. The van der Waals surface area contributed by atoms with Gasteiger partial charge in [0.05, 0.1) is 0 Å². The molecule has 144 valence electrons. The summed E-state index contributed by atoms with van der Waals surface area (Å²) < 4.78 is 22.8. The fraction of sp³-hybridized carbons (Fsp3) is 0.944. The van der Waals surface area contributed by atoms with Crippen molar-refractivity contribution in [3.63, 3.8) is 0 Å². The summed E-state index contributed by atoms with van der Waals surface area (Å²) in [5.41, 5.74) is 0.